The molecule has 0 saturated carbocycles. The summed E-state index contributed by atoms with van der Waals surface area (Å²) in [5.41, 5.74) is 2.18. The smallest absolute Gasteiger partial charge is 0.244 e. The molecule has 0 radical (unpaired) electrons. The summed E-state index contributed by atoms with van der Waals surface area (Å²) in [5.74, 6) is 0.266. The number of carbonyl (C=O) groups excluding carboxylic acids is 1. The maximum Gasteiger partial charge on any atom is 0.244 e. The SMILES string of the molecule is CC(C)CN(CC(C)C)C(=O)[C@H](Cc1ccccc1)N(Cc1cncn1C)S(=O)(=O)c1ccc2occc2c1. The van der Waals surface area contributed by atoms with Crippen LogP contribution in [0.1, 0.15) is 39.0 Å². The van der Waals surface area contributed by atoms with Crippen LogP contribution in [0.4, 0.5) is 0 Å². The lowest BCUT2D eigenvalue weighted by molar-refractivity contribution is -0.136. The molecule has 2 aromatic heterocycles. The molecule has 0 saturated heterocycles. The molecule has 1 atom stereocenters. The van der Waals surface area contributed by atoms with Gasteiger partial charge in [-0.2, -0.15) is 4.31 Å². The normalized spacial score (nSPS) is 13.0. The Bertz CT molecular complexity index is 1480. The maximum atomic E-state index is 14.4. The number of rotatable bonds is 12. The van der Waals surface area contributed by atoms with E-state index in [1.807, 2.05) is 42.3 Å². The van der Waals surface area contributed by atoms with E-state index >= 15 is 0 Å². The van der Waals surface area contributed by atoms with Crippen LogP contribution in [0.2, 0.25) is 0 Å². The molecule has 0 N–H and O–H groups in total. The maximum absolute atomic E-state index is 14.4. The first-order valence-corrected chi connectivity index (χ1v) is 14.8. The van der Waals surface area contributed by atoms with E-state index in [2.05, 4.69) is 32.7 Å². The lowest BCUT2D eigenvalue weighted by Gasteiger charge is -2.35. The highest BCUT2D eigenvalue weighted by Gasteiger charge is 2.39. The van der Waals surface area contributed by atoms with Crippen molar-refractivity contribution in [3.63, 3.8) is 0 Å². The largest absolute Gasteiger partial charge is 0.464 e. The van der Waals surface area contributed by atoms with Gasteiger partial charge in [0.05, 0.1) is 29.7 Å². The van der Waals surface area contributed by atoms with Crippen LogP contribution in [0.5, 0.6) is 0 Å². The van der Waals surface area contributed by atoms with E-state index in [1.165, 1.54) is 10.6 Å². The van der Waals surface area contributed by atoms with Crippen LogP contribution in [0.25, 0.3) is 11.0 Å². The molecular formula is C30H38N4O4S. The molecule has 0 aliphatic rings. The van der Waals surface area contributed by atoms with Gasteiger partial charge in [-0.1, -0.05) is 58.0 Å². The third kappa shape index (κ3) is 6.78. The van der Waals surface area contributed by atoms with E-state index in [-0.39, 0.29) is 35.6 Å². The van der Waals surface area contributed by atoms with Crippen LogP contribution in [-0.4, -0.2) is 52.2 Å². The summed E-state index contributed by atoms with van der Waals surface area (Å²) in [6, 6.07) is 15.2. The number of sulfonamides is 1. The first-order chi connectivity index (χ1) is 18.6. The van der Waals surface area contributed by atoms with Crippen molar-refractivity contribution >= 4 is 26.9 Å². The number of furan rings is 1. The van der Waals surface area contributed by atoms with Gasteiger partial charge in [-0.3, -0.25) is 4.79 Å². The number of nitrogens with zero attached hydrogens (tertiary/aromatic N) is 4. The molecule has 0 unspecified atom stereocenters. The van der Waals surface area contributed by atoms with Crippen LogP contribution in [0, 0.1) is 11.8 Å². The van der Waals surface area contributed by atoms with E-state index in [1.54, 1.807) is 41.4 Å². The molecule has 9 heteroatoms. The number of hydrogen-bond acceptors (Lipinski definition) is 5. The summed E-state index contributed by atoms with van der Waals surface area (Å²) < 4.78 is 37.4. The van der Waals surface area contributed by atoms with Crippen molar-refractivity contribution in [2.24, 2.45) is 18.9 Å². The number of fused-ring (bicyclic) bond motifs is 1. The quantitative estimate of drug-likeness (QED) is 0.245. The first kappa shape index (κ1) is 28.6. The topological polar surface area (TPSA) is 88.7 Å². The third-order valence-corrected chi connectivity index (χ3v) is 8.50. The van der Waals surface area contributed by atoms with Gasteiger partial charge in [0.25, 0.3) is 0 Å². The number of carbonyl (C=O) groups is 1. The minimum atomic E-state index is -4.12. The summed E-state index contributed by atoms with van der Waals surface area (Å²) >= 11 is 0. The van der Waals surface area contributed by atoms with Crippen molar-refractivity contribution in [1.82, 2.24) is 18.8 Å². The van der Waals surface area contributed by atoms with Crippen molar-refractivity contribution in [3.8, 4) is 0 Å². The molecule has 4 aromatic rings. The summed E-state index contributed by atoms with van der Waals surface area (Å²) in [6.45, 7) is 9.36. The van der Waals surface area contributed by atoms with E-state index < -0.39 is 16.1 Å². The molecule has 0 aliphatic heterocycles. The molecule has 0 spiro atoms. The Morgan fingerprint density at radius 2 is 1.69 bits per heavy atom. The lowest BCUT2D eigenvalue weighted by atomic mass is 10.0. The van der Waals surface area contributed by atoms with E-state index in [0.717, 1.165) is 5.56 Å². The van der Waals surface area contributed by atoms with Crippen LogP contribution in [0.15, 0.2) is 82.7 Å². The first-order valence-electron chi connectivity index (χ1n) is 13.3. The van der Waals surface area contributed by atoms with Gasteiger partial charge in [0, 0.05) is 31.7 Å². The highest BCUT2D eigenvalue weighted by atomic mass is 32.2. The molecule has 39 heavy (non-hydrogen) atoms. The van der Waals surface area contributed by atoms with Gasteiger partial charge in [-0.05, 0) is 48.1 Å². The van der Waals surface area contributed by atoms with E-state index in [4.69, 9.17) is 4.42 Å². The summed E-state index contributed by atoms with van der Waals surface area (Å²) in [7, 11) is -2.29. The van der Waals surface area contributed by atoms with E-state index in [0.29, 0.717) is 29.8 Å². The fourth-order valence-electron chi connectivity index (χ4n) is 4.80. The fourth-order valence-corrected chi connectivity index (χ4v) is 6.38. The number of benzene rings is 2. The molecule has 2 aromatic carbocycles. The monoisotopic (exact) mass is 550 g/mol. The Labute approximate surface area is 231 Å². The van der Waals surface area contributed by atoms with Gasteiger partial charge >= 0.3 is 0 Å². The minimum Gasteiger partial charge on any atom is -0.464 e. The van der Waals surface area contributed by atoms with Gasteiger partial charge < -0.3 is 13.9 Å². The Morgan fingerprint density at radius 1 is 1.00 bits per heavy atom. The van der Waals surface area contributed by atoms with Crippen LogP contribution < -0.4 is 0 Å². The predicted molar refractivity (Wildman–Crippen MR) is 152 cm³/mol. The van der Waals surface area contributed by atoms with Crippen molar-refractivity contribution in [1.29, 1.82) is 0 Å². The highest BCUT2D eigenvalue weighted by molar-refractivity contribution is 7.89. The molecule has 2 heterocycles. The second-order valence-electron chi connectivity index (χ2n) is 10.9. The Balaban J connectivity index is 1.85. The Morgan fingerprint density at radius 3 is 2.31 bits per heavy atom. The molecule has 0 bridgehead atoms. The Hall–Kier alpha value is -3.43. The van der Waals surface area contributed by atoms with Gasteiger partial charge in [0.15, 0.2) is 0 Å². The summed E-state index contributed by atoms with van der Waals surface area (Å²) in [6.07, 6.45) is 5.06. The fraction of sp³-hybridized carbons (Fsp3) is 0.400. The molecule has 0 aliphatic carbocycles. The number of amides is 1. The summed E-state index contributed by atoms with van der Waals surface area (Å²) in [5, 5.41) is 0.684. The molecule has 4 rings (SSSR count). The zero-order valence-electron chi connectivity index (χ0n) is 23.3. The van der Waals surface area contributed by atoms with E-state index in [9.17, 15) is 13.2 Å². The van der Waals surface area contributed by atoms with Gasteiger partial charge in [0.1, 0.15) is 11.6 Å². The van der Waals surface area contributed by atoms with Crippen LogP contribution in [-0.2, 0) is 34.8 Å². The highest BCUT2D eigenvalue weighted by Crippen LogP contribution is 2.28. The molecule has 0 fully saturated rings. The van der Waals surface area contributed by atoms with Crippen molar-refractivity contribution in [3.05, 3.63) is 84.6 Å². The van der Waals surface area contributed by atoms with Gasteiger partial charge in [-0.15, -0.1) is 0 Å². The van der Waals surface area contributed by atoms with Gasteiger partial charge in [-0.25, -0.2) is 13.4 Å². The second-order valence-corrected chi connectivity index (χ2v) is 12.8. The number of aryl methyl sites for hydroxylation is 1. The number of hydrogen-bond donors (Lipinski definition) is 0. The zero-order chi connectivity index (χ0) is 28.2. The van der Waals surface area contributed by atoms with Crippen LogP contribution >= 0.6 is 0 Å². The average molecular weight is 551 g/mol. The average Bonchev–Trinajstić information content (AvgIpc) is 3.53. The number of aromatic nitrogens is 2. The van der Waals surface area contributed by atoms with Crippen molar-refractivity contribution in [2.45, 2.75) is 51.6 Å². The lowest BCUT2D eigenvalue weighted by Crippen LogP contribution is -2.53. The zero-order valence-corrected chi connectivity index (χ0v) is 24.1. The molecule has 208 valence electrons. The molecule has 1 amide bonds. The third-order valence-electron chi connectivity index (χ3n) is 6.65. The second kappa shape index (κ2) is 12.2. The minimum absolute atomic E-state index is 0.00267. The molecular weight excluding hydrogens is 512 g/mol. The number of imidazole rings is 1. The van der Waals surface area contributed by atoms with Crippen molar-refractivity contribution < 1.29 is 17.6 Å². The summed E-state index contributed by atoms with van der Waals surface area (Å²) in [4.78, 5) is 20.5. The Kier molecular flexibility index (Phi) is 8.92. The standard InChI is InChI=1S/C30H38N4O4S/c1-22(2)18-33(19-23(3)4)30(35)28(15-24-9-7-6-8-10-24)34(20-26-17-31-21-32(26)5)39(36,37)27-11-12-29-25(16-27)13-14-38-29/h6-14,16-17,21-23,28H,15,18-20H2,1-5H3/t28-/m0/s1. The van der Waals surface area contributed by atoms with Gasteiger partial charge in [0.2, 0.25) is 15.9 Å². The predicted octanol–water partition coefficient (Wildman–Crippen LogP) is 5.11. The van der Waals surface area contributed by atoms with Crippen molar-refractivity contribution in [2.75, 3.05) is 13.1 Å². The van der Waals surface area contributed by atoms with Crippen LogP contribution in [0.3, 0.4) is 0 Å². The molecule has 8 nitrogen and oxygen atoms in total.